The van der Waals surface area contributed by atoms with Crippen molar-refractivity contribution in [1.29, 1.82) is 0 Å². The van der Waals surface area contributed by atoms with Crippen molar-refractivity contribution < 1.29 is 22.3 Å². The van der Waals surface area contributed by atoms with E-state index < -0.39 is 9.84 Å². The highest BCUT2D eigenvalue weighted by molar-refractivity contribution is 7.90. The van der Waals surface area contributed by atoms with Crippen LogP contribution in [-0.4, -0.2) is 45.7 Å². The summed E-state index contributed by atoms with van der Waals surface area (Å²) in [6.07, 6.45) is 2.44. The highest BCUT2D eigenvalue weighted by atomic mass is 32.2. The summed E-state index contributed by atoms with van der Waals surface area (Å²) in [6.45, 7) is 0.886. The third-order valence-electron chi connectivity index (χ3n) is 4.93. The van der Waals surface area contributed by atoms with Crippen molar-refractivity contribution in [2.24, 2.45) is 5.92 Å². The average molecular weight is 405 g/mol. The molecule has 1 saturated carbocycles. The Kier molecular flexibility index (Phi) is 6.03. The van der Waals surface area contributed by atoms with E-state index in [1.807, 2.05) is 0 Å². The molecule has 3 rings (SSSR count). The molecule has 0 N–H and O–H groups in total. The van der Waals surface area contributed by atoms with Crippen LogP contribution in [0.1, 0.15) is 24.3 Å². The number of hydrogen-bond donors (Lipinski definition) is 0. The van der Waals surface area contributed by atoms with Gasteiger partial charge in [-0.05, 0) is 48.6 Å². The summed E-state index contributed by atoms with van der Waals surface area (Å²) in [4.78, 5) is 14.4. The molecule has 0 bridgehead atoms. The normalized spacial score (nSPS) is 18.5. The molecule has 150 valence electrons. The molecular weight excluding hydrogens is 381 g/mol. The number of carbonyl (C=O) groups is 1. The number of benzene rings is 2. The SMILES string of the molecule is CN(CCCOc1cccc(S(C)(=O)=O)c1)C(=O)C1CC1c1ccccc1F. The molecule has 1 amide bonds. The smallest absolute Gasteiger partial charge is 0.226 e. The molecular formula is C21H24FNO4S. The first-order valence-electron chi connectivity index (χ1n) is 9.19. The standard InChI is InChI=1S/C21H24FNO4S/c1-23(21(24)19-14-18(19)17-9-3-4-10-20(17)22)11-6-12-27-15-7-5-8-16(13-15)28(2,25)26/h3-5,7-10,13,18-19H,6,11-12,14H2,1-2H3. The van der Waals surface area contributed by atoms with E-state index in [9.17, 15) is 17.6 Å². The van der Waals surface area contributed by atoms with Crippen LogP contribution in [-0.2, 0) is 14.6 Å². The van der Waals surface area contributed by atoms with E-state index in [-0.39, 0.29) is 28.5 Å². The van der Waals surface area contributed by atoms with Crippen LogP contribution in [0.3, 0.4) is 0 Å². The van der Waals surface area contributed by atoms with E-state index in [1.165, 1.54) is 18.2 Å². The second-order valence-electron chi connectivity index (χ2n) is 7.18. The van der Waals surface area contributed by atoms with Gasteiger partial charge in [0, 0.05) is 25.8 Å². The predicted molar refractivity (Wildman–Crippen MR) is 105 cm³/mol. The van der Waals surface area contributed by atoms with Gasteiger partial charge in [0.2, 0.25) is 5.91 Å². The molecule has 2 atom stereocenters. The number of halogens is 1. The Morgan fingerprint density at radius 3 is 2.68 bits per heavy atom. The number of amides is 1. The van der Waals surface area contributed by atoms with Gasteiger partial charge in [0.15, 0.2) is 9.84 Å². The minimum Gasteiger partial charge on any atom is -0.493 e. The zero-order valence-corrected chi connectivity index (χ0v) is 16.8. The molecule has 0 aliphatic heterocycles. The molecule has 1 aliphatic rings. The molecule has 0 heterocycles. The third kappa shape index (κ3) is 4.90. The number of carbonyl (C=O) groups excluding carboxylic acids is 1. The maximum Gasteiger partial charge on any atom is 0.226 e. The van der Waals surface area contributed by atoms with Crippen LogP contribution in [0.25, 0.3) is 0 Å². The molecule has 5 nitrogen and oxygen atoms in total. The topological polar surface area (TPSA) is 63.7 Å². The molecule has 0 saturated heterocycles. The lowest BCUT2D eigenvalue weighted by molar-refractivity contribution is -0.131. The first-order chi connectivity index (χ1) is 13.3. The summed E-state index contributed by atoms with van der Waals surface area (Å²) in [5.41, 5.74) is 0.614. The molecule has 2 aromatic carbocycles. The highest BCUT2D eigenvalue weighted by Gasteiger charge is 2.46. The van der Waals surface area contributed by atoms with Gasteiger partial charge in [0.1, 0.15) is 11.6 Å². The monoisotopic (exact) mass is 405 g/mol. The van der Waals surface area contributed by atoms with Crippen LogP contribution < -0.4 is 4.74 Å². The fourth-order valence-corrected chi connectivity index (χ4v) is 3.92. The van der Waals surface area contributed by atoms with E-state index in [0.29, 0.717) is 37.3 Å². The Morgan fingerprint density at radius 1 is 1.21 bits per heavy atom. The molecule has 28 heavy (non-hydrogen) atoms. The van der Waals surface area contributed by atoms with Gasteiger partial charge in [0.25, 0.3) is 0 Å². The van der Waals surface area contributed by atoms with Gasteiger partial charge in [-0.15, -0.1) is 0 Å². The zero-order chi connectivity index (χ0) is 20.3. The van der Waals surface area contributed by atoms with Gasteiger partial charge in [-0.3, -0.25) is 4.79 Å². The maximum atomic E-state index is 13.9. The first-order valence-corrected chi connectivity index (χ1v) is 11.1. The van der Waals surface area contributed by atoms with Crippen molar-refractivity contribution in [2.45, 2.75) is 23.7 Å². The van der Waals surface area contributed by atoms with Crippen molar-refractivity contribution in [3.63, 3.8) is 0 Å². The maximum absolute atomic E-state index is 13.9. The average Bonchev–Trinajstić information content (AvgIpc) is 3.45. The molecule has 0 radical (unpaired) electrons. The highest BCUT2D eigenvalue weighted by Crippen LogP contribution is 2.49. The molecule has 2 aromatic rings. The van der Waals surface area contributed by atoms with Gasteiger partial charge in [-0.25, -0.2) is 12.8 Å². The molecule has 1 aliphatic carbocycles. The molecule has 7 heteroatoms. The van der Waals surface area contributed by atoms with Crippen LogP contribution >= 0.6 is 0 Å². The Balaban J connectivity index is 1.45. The fourth-order valence-electron chi connectivity index (χ4n) is 3.27. The minimum absolute atomic E-state index is 0.0207. The minimum atomic E-state index is -3.27. The first kappa shape index (κ1) is 20.3. The molecule has 1 fully saturated rings. The number of ether oxygens (including phenoxy) is 1. The zero-order valence-electron chi connectivity index (χ0n) is 16.0. The van der Waals surface area contributed by atoms with Gasteiger partial charge in [-0.2, -0.15) is 0 Å². The predicted octanol–water partition coefficient (Wildman–Crippen LogP) is 3.26. The van der Waals surface area contributed by atoms with E-state index in [0.717, 1.165) is 6.26 Å². The summed E-state index contributed by atoms with van der Waals surface area (Å²) in [5.74, 6) is 0.0570. The summed E-state index contributed by atoms with van der Waals surface area (Å²) >= 11 is 0. The van der Waals surface area contributed by atoms with Gasteiger partial charge in [0.05, 0.1) is 11.5 Å². The van der Waals surface area contributed by atoms with Crippen molar-refractivity contribution in [3.8, 4) is 5.75 Å². The number of sulfone groups is 1. The lowest BCUT2D eigenvalue weighted by Gasteiger charge is -2.17. The Labute approximate surface area is 165 Å². The quantitative estimate of drug-likeness (QED) is 0.633. The fraction of sp³-hybridized carbons (Fsp3) is 0.381. The summed E-state index contributed by atoms with van der Waals surface area (Å²) in [5, 5.41) is 0. The van der Waals surface area contributed by atoms with Crippen LogP contribution in [0.5, 0.6) is 5.75 Å². The van der Waals surface area contributed by atoms with Crippen molar-refractivity contribution in [2.75, 3.05) is 26.5 Å². The second-order valence-corrected chi connectivity index (χ2v) is 9.19. The van der Waals surface area contributed by atoms with Crippen molar-refractivity contribution in [1.82, 2.24) is 4.90 Å². The van der Waals surface area contributed by atoms with Crippen molar-refractivity contribution >= 4 is 15.7 Å². The molecule has 0 aromatic heterocycles. The number of hydrogen-bond acceptors (Lipinski definition) is 4. The van der Waals surface area contributed by atoms with Crippen LogP contribution in [0.4, 0.5) is 4.39 Å². The number of rotatable bonds is 8. The molecule has 2 unspecified atom stereocenters. The van der Waals surface area contributed by atoms with Gasteiger partial charge < -0.3 is 9.64 Å². The lowest BCUT2D eigenvalue weighted by Crippen LogP contribution is -2.30. The van der Waals surface area contributed by atoms with Crippen LogP contribution in [0.2, 0.25) is 0 Å². The van der Waals surface area contributed by atoms with E-state index in [4.69, 9.17) is 4.74 Å². The van der Waals surface area contributed by atoms with E-state index >= 15 is 0 Å². The van der Waals surface area contributed by atoms with Crippen LogP contribution in [0.15, 0.2) is 53.4 Å². The van der Waals surface area contributed by atoms with E-state index in [2.05, 4.69) is 0 Å². The molecule has 0 spiro atoms. The Morgan fingerprint density at radius 2 is 1.96 bits per heavy atom. The Bertz CT molecular complexity index is 960. The van der Waals surface area contributed by atoms with Gasteiger partial charge in [-0.1, -0.05) is 24.3 Å². The Hall–Kier alpha value is -2.41. The second kappa shape index (κ2) is 8.31. The lowest BCUT2D eigenvalue weighted by atomic mass is 10.1. The van der Waals surface area contributed by atoms with E-state index in [1.54, 1.807) is 42.3 Å². The van der Waals surface area contributed by atoms with Crippen molar-refractivity contribution in [3.05, 3.63) is 59.9 Å². The van der Waals surface area contributed by atoms with Gasteiger partial charge >= 0.3 is 0 Å². The van der Waals surface area contributed by atoms with Crippen LogP contribution in [0, 0.1) is 11.7 Å². The summed E-state index contributed by atoms with van der Waals surface area (Å²) in [6, 6.07) is 13.0. The third-order valence-corrected chi connectivity index (χ3v) is 6.04. The largest absolute Gasteiger partial charge is 0.493 e. The summed E-state index contributed by atoms with van der Waals surface area (Å²) in [7, 11) is -1.53. The number of nitrogens with zero attached hydrogens (tertiary/aromatic N) is 1. The summed E-state index contributed by atoms with van der Waals surface area (Å²) < 4.78 is 42.6.